The summed E-state index contributed by atoms with van der Waals surface area (Å²) in [5, 5.41) is 12.7. The molecule has 9 heteroatoms. The molecule has 0 saturated carbocycles. The lowest BCUT2D eigenvalue weighted by molar-refractivity contribution is -0.138. The molecule has 2 atom stereocenters. The number of carbonyl (C=O) groups is 3. The highest BCUT2D eigenvalue weighted by Gasteiger charge is 2.41. The van der Waals surface area contributed by atoms with Gasteiger partial charge in [0.05, 0.1) is 5.92 Å². The number of nitrogens with one attached hydrogen (secondary N) is 1. The van der Waals surface area contributed by atoms with E-state index in [0.29, 0.717) is 43.5 Å². The lowest BCUT2D eigenvalue weighted by Crippen LogP contribution is -2.46. The van der Waals surface area contributed by atoms with E-state index in [0.717, 1.165) is 17.8 Å². The second-order valence-corrected chi connectivity index (χ2v) is 10.8. The standard InChI is InChI=1S/C22H35N5O3S/c1-6-7-14(2)19-24-25-21(31-19)23-18(29)15-8-10-26(11-9-15)20(30)16-12-17(28)27(13-16)22(3,4)5/h14-16H,6-13H2,1-5H3,(H,23,25,29). The molecular weight excluding hydrogens is 414 g/mol. The second kappa shape index (κ2) is 9.63. The van der Waals surface area contributed by atoms with Crippen LogP contribution in [0.3, 0.4) is 0 Å². The zero-order valence-corrected chi connectivity index (χ0v) is 20.1. The van der Waals surface area contributed by atoms with Gasteiger partial charge < -0.3 is 15.1 Å². The highest BCUT2D eigenvalue weighted by Crippen LogP contribution is 2.30. The van der Waals surface area contributed by atoms with Crippen LogP contribution < -0.4 is 5.32 Å². The fraction of sp³-hybridized carbons (Fsp3) is 0.773. The van der Waals surface area contributed by atoms with Crippen molar-refractivity contribution in [1.29, 1.82) is 0 Å². The molecule has 8 nitrogen and oxygen atoms in total. The van der Waals surface area contributed by atoms with E-state index in [2.05, 4.69) is 29.4 Å². The van der Waals surface area contributed by atoms with Crippen molar-refractivity contribution in [1.82, 2.24) is 20.0 Å². The average Bonchev–Trinajstić information content (AvgIpc) is 3.34. The van der Waals surface area contributed by atoms with Gasteiger partial charge in [-0.1, -0.05) is 31.6 Å². The van der Waals surface area contributed by atoms with Crippen molar-refractivity contribution in [3.05, 3.63) is 5.01 Å². The van der Waals surface area contributed by atoms with Crippen LogP contribution in [0.15, 0.2) is 0 Å². The summed E-state index contributed by atoms with van der Waals surface area (Å²) in [4.78, 5) is 41.5. The third-order valence-electron chi connectivity index (χ3n) is 6.28. The maximum absolute atomic E-state index is 12.9. The molecule has 172 valence electrons. The molecule has 2 aliphatic heterocycles. The van der Waals surface area contributed by atoms with Gasteiger partial charge in [-0.25, -0.2) is 0 Å². The van der Waals surface area contributed by atoms with Gasteiger partial charge in [0.2, 0.25) is 22.9 Å². The van der Waals surface area contributed by atoms with Crippen LogP contribution in [0.25, 0.3) is 0 Å². The Morgan fingerprint density at radius 1 is 1.19 bits per heavy atom. The van der Waals surface area contributed by atoms with Gasteiger partial charge in [0, 0.05) is 43.4 Å². The van der Waals surface area contributed by atoms with Gasteiger partial charge in [-0.3, -0.25) is 14.4 Å². The molecule has 2 saturated heterocycles. The molecule has 2 aliphatic rings. The molecule has 3 amide bonds. The molecule has 0 aliphatic carbocycles. The highest BCUT2D eigenvalue weighted by atomic mass is 32.1. The number of piperidine rings is 1. The molecule has 31 heavy (non-hydrogen) atoms. The number of aromatic nitrogens is 2. The van der Waals surface area contributed by atoms with Crippen LogP contribution in [0.4, 0.5) is 5.13 Å². The summed E-state index contributed by atoms with van der Waals surface area (Å²) in [6.07, 6.45) is 3.67. The zero-order chi connectivity index (χ0) is 22.8. The van der Waals surface area contributed by atoms with E-state index in [9.17, 15) is 14.4 Å². The van der Waals surface area contributed by atoms with Crippen molar-refractivity contribution in [3.8, 4) is 0 Å². The number of nitrogens with zero attached hydrogens (tertiary/aromatic N) is 4. The van der Waals surface area contributed by atoms with Crippen LogP contribution in [0, 0.1) is 11.8 Å². The monoisotopic (exact) mass is 449 g/mol. The molecule has 0 radical (unpaired) electrons. The Morgan fingerprint density at radius 2 is 1.87 bits per heavy atom. The first-order chi connectivity index (χ1) is 14.6. The predicted octanol–water partition coefficient (Wildman–Crippen LogP) is 3.27. The van der Waals surface area contributed by atoms with Gasteiger partial charge in [0.1, 0.15) is 5.01 Å². The SMILES string of the molecule is CCCC(C)c1nnc(NC(=O)C2CCN(C(=O)C3CC(=O)N(C(C)(C)C)C3)CC2)s1. The summed E-state index contributed by atoms with van der Waals surface area (Å²) in [6, 6.07) is 0. The molecular formula is C22H35N5O3S. The van der Waals surface area contributed by atoms with E-state index >= 15 is 0 Å². The minimum absolute atomic E-state index is 0.0395. The number of hydrogen-bond donors (Lipinski definition) is 1. The number of carbonyl (C=O) groups excluding carboxylic acids is 3. The Morgan fingerprint density at radius 3 is 2.45 bits per heavy atom. The Bertz CT molecular complexity index is 810. The summed E-state index contributed by atoms with van der Waals surface area (Å²) in [5.74, 6) is -0.0304. The third kappa shape index (κ3) is 5.61. The van der Waals surface area contributed by atoms with E-state index in [-0.39, 0.29) is 41.5 Å². The van der Waals surface area contributed by atoms with Gasteiger partial charge in [-0.2, -0.15) is 0 Å². The molecule has 1 aromatic heterocycles. The van der Waals surface area contributed by atoms with Crippen molar-refractivity contribution in [2.45, 2.75) is 78.2 Å². The van der Waals surface area contributed by atoms with Crippen LogP contribution in [-0.4, -0.2) is 62.9 Å². The summed E-state index contributed by atoms with van der Waals surface area (Å²) in [5.41, 5.74) is -0.268. The zero-order valence-electron chi connectivity index (χ0n) is 19.3. The van der Waals surface area contributed by atoms with Crippen molar-refractivity contribution in [3.63, 3.8) is 0 Å². The van der Waals surface area contributed by atoms with Crippen LogP contribution in [0.2, 0.25) is 0 Å². The van der Waals surface area contributed by atoms with E-state index in [4.69, 9.17) is 0 Å². The predicted molar refractivity (Wildman–Crippen MR) is 121 cm³/mol. The Kier molecular flexibility index (Phi) is 7.34. The number of amides is 3. The molecule has 3 heterocycles. The smallest absolute Gasteiger partial charge is 0.229 e. The lowest BCUT2D eigenvalue weighted by Gasteiger charge is -2.34. The van der Waals surface area contributed by atoms with Crippen LogP contribution in [0.5, 0.6) is 0 Å². The summed E-state index contributed by atoms with van der Waals surface area (Å²) >= 11 is 1.44. The van der Waals surface area contributed by atoms with Gasteiger partial charge in [0.15, 0.2) is 0 Å². The molecule has 2 fully saturated rings. The first-order valence-corrected chi connectivity index (χ1v) is 12.1. The van der Waals surface area contributed by atoms with E-state index < -0.39 is 0 Å². The summed E-state index contributed by atoms with van der Waals surface area (Å²) < 4.78 is 0. The maximum atomic E-state index is 12.9. The van der Waals surface area contributed by atoms with Crippen molar-refractivity contribution < 1.29 is 14.4 Å². The van der Waals surface area contributed by atoms with Crippen LogP contribution in [-0.2, 0) is 14.4 Å². The van der Waals surface area contributed by atoms with Gasteiger partial charge in [0.25, 0.3) is 0 Å². The molecule has 2 unspecified atom stereocenters. The Labute approximate surface area is 188 Å². The minimum atomic E-state index is -0.276. The number of hydrogen-bond acceptors (Lipinski definition) is 6. The minimum Gasteiger partial charge on any atom is -0.342 e. The molecule has 0 bridgehead atoms. The summed E-state index contributed by atoms with van der Waals surface area (Å²) in [7, 11) is 0. The molecule has 0 aromatic carbocycles. The fourth-order valence-corrected chi connectivity index (χ4v) is 5.22. The maximum Gasteiger partial charge on any atom is 0.229 e. The van der Waals surface area contributed by atoms with Gasteiger partial charge >= 0.3 is 0 Å². The Balaban J connectivity index is 1.49. The molecule has 0 spiro atoms. The van der Waals surface area contributed by atoms with Crippen molar-refractivity contribution in [2.24, 2.45) is 11.8 Å². The first-order valence-electron chi connectivity index (χ1n) is 11.3. The van der Waals surface area contributed by atoms with Crippen molar-refractivity contribution in [2.75, 3.05) is 25.0 Å². The molecule has 1 aromatic rings. The lowest BCUT2D eigenvalue weighted by atomic mass is 9.94. The average molecular weight is 450 g/mol. The molecule has 1 N–H and O–H groups in total. The largest absolute Gasteiger partial charge is 0.342 e. The highest BCUT2D eigenvalue weighted by molar-refractivity contribution is 7.15. The van der Waals surface area contributed by atoms with Crippen LogP contribution in [0.1, 0.15) is 77.6 Å². The number of rotatable bonds is 6. The van der Waals surface area contributed by atoms with Gasteiger partial charge in [-0.15, -0.1) is 10.2 Å². The van der Waals surface area contributed by atoms with Gasteiger partial charge in [-0.05, 0) is 40.0 Å². The van der Waals surface area contributed by atoms with Crippen LogP contribution >= 0.6 is 11.3 Å². The number of anilines is 1. The normalized spacial score (nSPS) is 21.5. The topological polar surface area (TPSA) is 95.5 Å². The second-order valence-electron chi connectivity index (χ2n) is 9.80. The van der Waals surface area contributed by atoms with E-state index in [1.807, 2.05) is 25.7 Å². The number of likely N-dealkylation sites (tertiary alicyclic amines) is 2. The summed E-state index contributed by atoms with van der Waals surface area (Å²) in [6.45, 7) is 11.8. The third-order valence-corrected chi connectivity index (χ3v) is 7.35. The fourth-order valence-electron chi connectivity index (χ4n) is 4.39. The Hall–Kier alpha value is -2.03. The van der Waals surface area contributed by atoms with E-state index in [1.54, 1.807) is 4.90 Å². The first kappa shape index (κ1) is 23.6. The van der Waals surface area contributed by atoms with E-state index in [1.165, 1.54) is 11.3 Å². The quantitative estimate of drug-likeness (QED) is 0.719. The van der Waals surface area contributed by atoms with Crippen molar-refractivity contribution >= 4 is 34.2 Å². The molecule has 3 rings (SSSR count).